The molecule has 0 aliphatic carbocycles. The first-order valence-electron chi connectivity index (χ1n) is 7.72. The van der Waals surface area contributed by atoms with E-state index in [1.54, 1.807) is 37.4 Å². The minimum atomic E-state index is -3.72. The van der Waals surface area contributed by atoms with Crippen LogP contribution < -0.4 is 10.0 Å². The van der Waals surface area contributed by atoms with E-state index in [1.165, 1.54) is 12.1 Å². The summed E-state index contributed by atoms with van der Waals surface area (Å²) in [5.41, 5.74) is 1.71. The van der Waals surface area contributed by atoms with Gasteiger partial charge in [-0.3, -0.25) is 9.78 Å². The lowest BCUT2D eigenvalue weighted by Crippen LogP contribution is -2.27. The Kier molecular flexibility index (Phi) is 6.05. The van der Waals surface area contributed by atoms with Crippen LogP contribution in [0.2, 0.25) is 0 Å². The molecule has 0 aliphatic rings. The highest BCUT2D eigenvalue weighted by Gasteiger charge is 2.18. The minimum absolute atomic E-state index is 0.0608. The molecule has 24 heavy (non-hydrogen) atoms. The van der Waals surface area contributed by atoms with Crippen molar-refractivity contribution in [2.75, 3.05) is 6.54 Å². The summed E-state index contributed by atoms with van der Waals surface area (Å²) in [6, 6.07) is 9.82. The molecule has 0 spiro atoms. The molecule has 0 unspecified atom stereocenters. The van der Waals surface area contributed by atoms with Gasteiger partial charge in [0.1, 0.15) is 0 Å². The Balaban J connectivity index is 2.19. The third-order valence-electron chi connectivity index (χ3n) is 3.47. The maximum Gasteiger partial charge on any atom is 0.251 e. The molecule has 0 radical (unpaired) electrons. The number of carbonyl (C=O) groups is 1. The molecule has 2 N–H and O–H groups in total. The van der Waals surface area contributed by atoms with Crippen LogP contribution in [0.3, 0.4) is 0 Å². The Morgan fingerprint density at radius 2 is 2.00 bits per heavy atom. The van der Waals surface area contributed by atoms with Crippen LogP contribution in [0.25, 0.3) is 0 Å². The Morgan fingerprint density at radius 1 is 1.21 bits per heavy atom. The predicted octanol–water partition coefficient (Wildman–Crippen LogP) is 2.01. The summed E-state index contributed by atoms with van der Waals surface area (Å²) in [5.74, 6) is -0.267. The number of nitrogens with zero attached hydrogens (tertiary/aromatic N) is 1. The predicted molar refractivity (Wildman–Crippen MR) is 92.1 cm³/mol. The van der Waals surface area contributed by atoms with Gasteiger partial charge < -0.3 is 5.32 Å². The summed E-state index contributed by atoms with van der Waals surface area (Å²) in [4.78, 5) is 16.3. The van der Waals surface area contributed by atoms with E-state index >= 15 is 0 Å². The molecular weight excluding hydrogens is 326 g/mol. The van der Waals surface area contributed by atoms with Crippen molar-refractivity contribution in [1.29, 1.82) is 0 Å². The number of aromatic nitrogens is 1. The van der Waals surface area contributed by atoms with Crippen LogP contribution in [0.4, 0.5) is 0 Å². The number of carbonyl (C=O) groups excluding carboxylic acids is 1. The van der Waals surface area contributed by atoms with E-state index in [4.69, 9.17) is 0 Å². The van der Waals surface area contributed by atoms with E-state index < -0.39 is 10.0 Å². The van der Waals surface area contributed by atoms with Gasteiger partial charge in [-0.1, -0.05) is 19.1 Å². The number of sulfonamides is 1. The Morgan fingerprint density at radius 3 is 2.67 bits per heavy atom. The average Bonchev–Trinajstić information content (AvgIpc) is 2.59. The fourth-order valence-corrected chi connectivity index (χ4v) is 3.13. The van der Waals surface area contributed by atoms with E-state index in [9.17, 15) is 13.2 Å². The largest absolute Gasteiger partial charge is 0.352 e. The monoisotopic (exact) mass is 347 g/mol. The van der Waals surface area contributed by atoms with Crippen molar-refractivity contribution in [3.05, 3.63) is 59.4 Å². The van der Waals surface area contributed by atoms with Crippen molar-refractivity contribution in [3.8, 4) is 0 Å². The van der Waals surface area contributed by atoms with E-state index in [-0.39, 0.29) is 17.3 Å². The third-order valence-corrected chi connectivity index (χ3v) is 4.87. The molecule has 128 valence electrons. The lowest BCUT2D eigenvalue weighted by Gasteiger charge is -2.11. The Labute approximate surface area is 142 Å². The highest BCUT2D eigenvalue weighted by atomic mass is 32.2. The zero-order valence-corrected chi connectivity index (χ0v) is 14.6. The van der Waals surface area contributed by atoms with E-state index in [1.807, 2.05) is 6.92 Å². The van der Waals surface area contributed by atoms with Gasteiger partial charge in [-0.05, 0) is 43.2 Å². The van der Waals surface area contributed by atoms with Crippen molar-refractivity contribution in [3.63, 3.8) is 0 Å². The van der Waals surface area contributed by atoms with Crippen molar-refractivity contribution < 1.29 is 13.2 Å². The van der Waals surface area contributed by atoms with Gasteiger partial charge in [0.2, 0.25) is 10.0 Å². The summed E-state index contributed by atoms with van der Waals surface area (Å²) >= 11 is 0. The Hall–Kier alpha value is -2.25. The first-order chi connectivity index (χ1) is 11.4. The highest BCUT2D eigenvalue weighted by molar-refractivity contribution is 7.89. The molecule has 2 rings (SSSR count). The lowest BCUT2D eigenvalue weighted by molar-refractivity contribution is 0.0953. The maximum atomic E-state index is 12.4. The van der Waals surface area contributed by atoms with Gasteiger partial charge in [-0.25, -0.2) is 13.1 Å². The van der Waals surface area contributed by atoms with Crippen molar-refractivity contribution in [1.82, 2.24) is 15.0 Å². The molecule has 0 fully saturated rings. The van der Waals surface area contributed by atoms with E-state index in [0.717, 1.165) is 12.0 Å². The van der Waals surface area contributed by atoms with Crippen LogP contribution in [0.5, 0.6) is 0 Å². The zero-order valence-electron chi connectivity index (χ0n) is 13.7. The first kappa shape index (κ1) is 18.1. The van der Waals surface area contributed by atoms with Crippen LogP contribution in [0.15, 0.2) is 47.5 Å². The number of rotatable bonds is 7. The molecule has 7 heteroatoms. The SMILES string of the molecule is CCCNC(=O)c1cc(S(=O)(=O)NCc2ccccn2)ccc1C. The number of hydrogen-bond donors (Lipinski definition) is 2. The number of hydrogen-bond acceptors (Lipinski definition) is 4. The second-order valence-electron chi connectivity index (χ2n) is 5.38. The molecule has 1 amide bonds. The molecule has 1 heterocycles. The number of aryl methyl sites for hydroxylation is 1. The van der Waals surface area contributed by atoms with Crippen LogP contribution in [-0.4, -0.2) is 25.9 Å². The summed E-state index contributed by atoms with van der Waals surface area (Å²) in [6.07, 6.45) is 2.42. The molecule has 1 aromatic heterocycles. The number of amides is 1. The second-order valence-corrected chi connectivity index (χ2v) is 7.15. The summed E-state index contributed by atoms with van der Waals surface area (Å²) in [7, 11) is -3.72. The van der Waals surface area contributed by atoms with Crippen molar-refractivity contribution in [2.24, 2.45) is 0 Å². The van der Waals surface area contributed by atoms with Gasteiger partial charge in [0, 0.05) is 18.3 Å². The number of pyridine rings is 1. The average molecular weight is 347 g/mol. The third kappa shape index (κ3) is 4.62. The standard InChI is InChI=1S/C17H21N3O3S/c1-3-9-19-17(21)16-11-15(8-7-13(16)2)24(22,23)20-12-14-6-4-5-10-18-14/h4-8,10-11,20H,3,9,12H2,1-2H3,(H,19,21). The van der Waals surface area contributed by atoms with Gasteiger partial charge in [-0.2, -0.15) is 0 Å². The molecule has 0 bridgehead atoms. The molecular formula is C17H21N3O3S. The smallest absolute Gasteiger partial charge is 0.251 e. The van der Waals surface area contributed by atoms with Crippen LogP contribution >= 0.6 is 0 Å². The van der Waals surface area contributed by atoms with Crippen molar-refractivity contribution >= 4 is 15.9 Å². The fourth-order valence-electron chi connectivity index (χ4n) is 2.10. The Bertz CT molecular complexity index is 805. The van der Waals surface area contributed by atoms with E-state index in [2.05, 4.69) is 15.0 Å². The van der Waals surface area contributed by atoms with Gasteiger partial charge in [0.05, 0.1) is 17.1 Å². The molecule has 2 aromatic rings. The van der Waals surface area contributed by atoms with Gasteiger partial charge in [0.15, 0.2) is 0 Å². The first-order valence-corrected chi connectivity index (χ1v) is 9.21. The van der Waals surface area contributed by atoms with Gasteiger partial charge in [-0.15, -0.1) is 0 Å². The molecule has 6 nitrogen and oxygen atoms in total. The number of nitrogens with one attached hydrogen (secondary N) is 2. The quantitative estimate of drug-likeness (QED) is 0.802. The van der Waals surface area contributed by atoms with Gasteiger partial charge in [0.25, 0.3) is 5.91 Å². The fraction of sp³-hybridized carbons (Fsp3) is 0.294. The molecule has 0 saturated heterocycles. The molecule has 1 aromatic carbocycles. The van der Waals surface area contributed by atoms with Crippen LogP contribution in [0.1, 0.15) is 35.0 Å². The zero-order chi connectivity index (χ0) is 17.6. The lowest BCUT2D eigenvalue weighted by atomic mass is 10.1. The highest BCUT2D eigenvalue weighted by Crippen LogP contribution is 2.16. The normalized spacial score (nSPS) is 11.2. The second kappa shape index (κ2) is 8.03. The van der Waals surface area contributed by atoms with Crippen molar-refractivity contribution in [2.45, 2.75) is 31.7 Å². The summed E-state index contributed by atoms with van der Waals surface area (Å²) < 4.78 is 27.4. The minimum Gasteiger partial charge on any atom is -0.352 e. The number of benzene rings is 1. The van der Waals surface area contributed by atoms with Gasteiger partial charge >= 0.3 is 0 Å². The topological polar surface area (TPSA) is 88.2 Å². The molecule has 0 saturated carbocycles. The van der Waals surface area contributed by atoms with Crippen LogP contribution in [-0.2, 0) is 16.6 Å². The van der Waals surface area contributed by atoms with Crippen LogP contribution in [0, 0.1) is 6.92 Å². The summed E-state index contributed by atoms with van der Waals surface area (Å²) in [6.45, 7) is 4.37. The van der Waals surface area contributed by atoms with E-state index in [0.29, 0.717) is 17.8 Å². The summed E-state index contributed by atoms with van der Waals surface area (Å²) in [5, 5.41) is 2.76. The molecule has 0 atom stereocenters. The molecule has 0 aliphatic heterocycles. The maximum absolute atomic E-state index is 12.4.